The molecule has 0 fully saturated rings. The molecule has 0 aliphatic carbocycles. The molecule has 0 aliphatic heterocycles. The molecular weight excluding hydrogens is 226 g/mol. The zero-order valence-corrected chi connectivity index (χ0v) is 11.2. The molecule has 0 amide bonds. The second kappa shape index (κ2) is 7.68. The van der Waals surface area contributed by atoms with Gasteiger partial charge in [-0.05, 0) is 44.1 Å². The van der Waals surface area contributed by atoms with E-state index in [0.29, 0.717) is 5.84 Å². The van der Waals surface area contributed by atoms with Gasteiger partial charge in [-0.15, -0.1) is 0 Å². The molecule has 100 valence electrons. The smallest absolute Gasteiger partial charge is 0.143 e. The fourth-order valence-corrected chi connectivity index (χ4v) is 1.72. The highest BCUT2D eigenvalue weighted by atomic mass is 15.4. The summed E-state index contributed by atoms with van der Waals surface area (Å²) in [7, 11) is 0. The van der Waals surface area contributed by atoms with E-state index in [4.69, 9.17) is 11.7 Å². The van der Waals surface area contributed by atoms with E-state index in [0.717, 1.165) is 37.2 Å². The van der Waals surface area contributed by atoms with E-state index in [2.05, 4.69) is 17.3 Å². The minimum absolute atomic E-state index is 0.693. The fourth-order valence-electron chi connectivity index (χ4n) is 1.72. The van der Waals surface area contributed by atoms with Gasteiger partial charge in [0.2, 0.25) is 0 Å². The van der Waals surface area contributed by atoms with Crippen LogP contribution in [0.3, 0.4) is 0 Å². The highest BCUT2D eigenvalue weighted by Crippen LogP contribution is 2.14. The highest BCUT2D eigenvalue weighted by Gasteiger charge is 2.09. The number of hydrogen-bond donors (Lipinski definition) is 3. The summed E-state index contributed by atoms with van der Waals surface area (Å²) in [5, 5.41) is 8.60. The summed E-state index contributed by atoms with van der Waals surface area (Å²) < 4.78 is 0. The van der Waals surface area contributed by atoms with E-state index >= 15 is 0 Å². The second-order valence-corrected chi connectivity index (χ2v) is 4.21. The van der Waals surface area contributed by atoms with Gasteiger partial charge in [-0.1, -0.05) is 19.1 Å². The van der Waals surface area contributed by atoms with Crippen LogP contribution in [0.4, 0.5) is 5.69 Å². The van der Waals surface area contributed by atoms with Crippen molar-refractivity contribution in [3.63, 3.8) is 0 Å². The minimum Gasteiger partial charge on any atom is -0.322 e. The zero-order valence-electron chi connectivity index (χ0n) is 11.2. The number of hydrazine groups is 1. The Kier molecular flexibility index (Phi) is 6.18. The van der Waals surface area contributed by atoms with Gasteiger partial charge in [-0.3, -0.25) is 5.01 Å². The summed E-state index contributed by atoms with van der Waals surface area (Å²) in [6.45, 7) is 6.03. The maximum absolute atomic E-state index is 6.04. The Morgan fingerprint density at radius 1 is 1.44 bits per heavy atom. The van der Waals surface area contributed by atoms with Crippen molar-refractivity contribution < 1.29 is 0 Å². The molecule has 1 rings (SSSR count). The first-order chi connectivity index (χ1) is 8.69. The summed E-state index contributed by atoms with van der Waals surface area (Å²) in [6, 6.07) is 7.96. The molecule has 18 heavy (non-hydrogen) atoms. The number of rotatable bonds is 6. The van der Waals surface area contributed by atoms with E-state index in [1.165, 1.54) is 0 Å². The van der Waals surface area contributed by atoms with Crippen LogP contribution >= 0.6 is 0 Å². The molecule has 0 aliphatic rings. The Balaban J connectivity index is 2.60. The monoisotopic (exact) mass is 249 g/mol. The van der Waals surface area contributed by atoms with Crippen molar-refractivity contribution in [2.45, 2.75) is 26.7 Å². The number of benzene rings is 1. The van der Waals surface area contributed by atoms with Gasteiger partial charge in [0.25, 0.3) is 0 Å². The van der Waals surface area contributed by atoms with Gasteiger partial charge in [-0.2, -0.15) is 5.10 Å². The van der Waals surface area contributed by atoms with Gasteiger partial charge < -0.3 is 11.2 Å². The average Bonchev–Trinajstić information content (AvgIpc) is 2.38. The molecule has 0 heterocycles. The predicted octanol–water partition coefficient (Wildman–Crippen LogP) is 1.34. The number of hydrazone groups is 1. The van der Waals surface area contributed by atoms with E-state index in [1.54, 1.807) is 5.01 Å². The SMILES string of the molecule is CCNCCC/C(=N/N)N(N)c1cccc(C)c1. The maximum atomic E-state index is 6.04. The molecule has 0 spiro atoms. The van der Waals surface area contributed by atoms with Crippen molar-refractivity contribution >= 4 is 11.5 Å². The topological polar surface area (TPSA) is 79.7 Å². The van der Waals surface area contributed by atoms with Crippen LogP contribution in [-0.2, 0) is 0 Å². The van der Waals surface area contributed by atoms with Crippen LogP contribution in [0.25, 0.3) is 0 Å². The zero-order chi connectivity index (χ0) is 13.4. The van der Waals surface area contributed by atoms with Crippen molar-refractivity contribution in [3.8, 4) is 0 Å². The molecule has 1 aromatic rings. The number of nitrogens with one attached hydrogen (secondary N) is 1. The molecule has 5 nitrogen and oxygen atoms in total. The van der Waals surface area contributed by atoms with Crippen LogP contribution in [0.1, 0.15) is 25.3 Å². The number of aryl methyl sites for hydroxylation is 1. The lowest BCUT2D eigenvalue weighted by atomic mass is 10.2. The lowest BCUT2D eigenvalue weighted by Gasteiger charge is -2.20. The van der Waals surface area contributed by atoms with E-state index in [9.17, 15) is 0 Å². The summed E-state index contributed by atoms with van der Waals surface area (Å²) in [4.78, 5) is 0. The van der Waals surface area contributed by atoms with Crippen LogP contribution in [0.5, 0.6) is 0 Å². The summed E-state index contributed by atoms with van der Waals surface area (Å²) in [5.41, 5.74) is 2.06. The summed E-state index contributed by atoms with van der Waals surface area (Å²) >= 11 is 0. The van der Waals surface area contributed by atoms with Crippen molar-refractivity contribution in [3.05, 3.63) is 29.8 Å². The number of hydrogen-bond acceptors (Lipinski definition) is 4. The Labute approximate surface area is 109 Å². The Morgan fingerprint density at radius 2 is 2.22 bits per heavy atom. The highest BCUT2D eigenvalue weighted by molar-refractivity contribution is 5.96. The van der Waals surface area contributed by atoms with Crippen molar-refractivity contribution in [2.75, 3.05) is 18.1 Å². The standard InChI is InChI=1S/C13H23N5/c1-3-16-9-5-8-13(17-14)18(15)12-7-4-6-11(2)10-12/h4,6-7,10,16H,3,5,8-9,14-15H2,1-2H3/b17-13-. The van der Waals surface area contributed by atoms with E-state index in [-0.39, 0.29) is 0 Å². The molecule has 5 heteroatoms. The molecule has 5 N–H and O–H groups in total. The van der Waals surface area contributed by atoms with Gasteiger partial charge in [0, 0.05) is 6.42 Å². The Bertz CT molecular complexity index is 389. The van der Waals surface area contributed by atoms with E-state index < -0.39 is 0 Å². The normalized spacial score (nSPS) is 11.6. The molecule has 0 saturated carbocycles. The maximum Gasteiger partial charge on any atom is 0.143 e. The first-order valence-corrected chi connectivity index (χ1v) is 6.28. The van der Waals surface area contributed by atoms with Crippen LogP contribution in [0.15, 0.2) is 29.4 Å². The minimum atomic E-state index is 0.693. The number of nitrogens with two attached hydrogens (primary N) is 2. The molecule has 0 radical (unpaired) electrons. The lowest BCUT2D eigenvalue weighted by Crippen LogP contribution is -2.38. The van der Waals surface area contributed by atoms with Crippen LogP contribution < -0.4 is 22.0 Å². The molecule has 0 aromatic heterocycles. The van der Waals surface area contributed by atoms with Crippen molar-refractivity contribution in [2.24, 2.45) is 16.8 Å². The summed E-state index contributed by atoms with van der Waals surface area (Å²) in [5.74, 6) is 12.1. The first-order valence-electron chi connectivity index (χ1n) is 6.28. The Morgan fingerprint density at radius 3 is 2.83 bits per heavy atom. The molecule has 0 atom stereocenters. The van der Waals surface area contributed by atoms with Crippen molar-refractivity contribution in [1.82, 2.24) is 5.32 Å². The van der Waals surface area contributed by atoms with Crippen LogP contribution in [0.2, 0.25) is 0 Å². The third-order valence-electron chi connectivity index (χ3n) is 2.71. The van der Waals surface area contributed by atoms with Crippen LogP contribution in [0, 0.1) is 6.92 Å². The fraction of sp³-hybridized carbons (Fsp3) is 0.462. The lowest BCUT2D eigenvalue weighted by molar-refractivity contribution is 0.683. The van der Waals surface area contributed by atoms with Gasteiger partial charge >= 0.3 is 0 Å². The van der Waals surface area contributed by atoms with Crippen LogP contribution in [-0.4, -0.2) is 18.9 Å². The number of anilines is 1. The van der Waals surface area contributed by atoms with Gasteiger partial charge in [0.1, 0.15) is 5.84 Å². The van der Waals surface area contributed by atoms with Gasteiger partial charge in [0.05, 0.1) is 5.69 Å². The second-order valence-electron chi connectivity index (χ2n) is 4.21. The summed E-state index contributed by atoms with van der Waals surface area (Å²) in [6.07, 6.45) is 1.72. The van der Waals surface area contributed by atoms with Gasteiger partial charge in [0.15, 0.2) is 0 Å². The first kappa shape index (κ1) is 14.5. The molecule has 0 saturated heterocycles. The van der Waals surface area contributed by atoms with Crippen molar-refractivity contribution in [1.29, 1.82) is 0 Å². The number of amidine groups is 1. The molecular formula is C13H23N5. The average molecular weight is 249 g/mol. The van der Waals surface area contributed by atoms with E-state index in [1.807, 2.05) is 31.2 Å². The third-order valence-corrected chi connectivity index (χ3v) is 2.71. The quantitative estimate of drug-likeness (QED) is 0.234. The van der Waals surface area contributed by atoms with Gasteiger partial charge in [-0.25, -0.2) is 5.84 Å². The molecule has 1 aromatic carbocycles. The molecule has 0 bridgehead atoms. The predicted molar refractivity (Wildman–Crippen MR) is 77.2 cm³/mol. The number of nitrogens with zero attached hydrogens (tertiary/aromatic N) is 2. The molecule has 0 unspecified atom stereocenters. The third kappa shape index (κ3) is 4.35. The Hall–Kier alpha value is -1.59. The largest absolute Gasteiger partial charge is 0.322 e.